The molecule has 30 heavy (non-hydrogen) atoms. The van der Waals surface area contributed by atoms with E-state index in [1.165, 1.54) is 18.2 Å². The van der Waals surface area contributed by atoms with E-state index in [1.54, 1.807) is 0 Å². The van der Waals surface area contributed by atoms with Gasteiger partial charge < -0.3 is 18.9 Å². The molecule has 162 valence electrons. The first-order chi connectivity index (χ1) is 14.3. The molecule has 0 heterocycles. The van der Waals surface area contributed by atoms with Crippen molar-refractivity contribution < 1.29 is 46.9 Å². The predicted molar refractivity (Wildman–Crippen MR) is 99.1 cm³/mol. The number of benzene rings is 1. The van der Waals surface area contributed by atoms with E-state index in [0.29, 0.717) is 0 Å². The maximum Gasteiger partial charge on any atom is 0.338 e. The first-order valence-electron chi connectivity index (χ1n) is 8.57. The summed E-state index contributed by atoms with van der Waals surface area (Å²) in [6.45, 7) is 3.73. The molecule has 0 amide bonds. The molecule has 10 heteroatoms. The molecule has 1 aromatic rings. The molecule has 0 bridgehead atoms. The fourth-order valence-corrected chi connectivity index (χ4v) is 1.83. The molecule has 2 atom stereocenters. The molecular weight excluding hydrogens is 406 g/mol. The van der Waals surface area contributed by atoms with Crippen LogP contribution in [0.1, 0.15) is 20.7 Å². The summed E-state index contributed by atoms with van der Waals surface area (Å²) in [6, 6.07) is 5.11. The average molecular weight is 426 g/mol. The van der Waals surface area contributed by atoms with Crippen LogP contribution in [0.2, 0.25) is 0 Å². The molecule has 0 aliphatic heterocycles. The summed E-state index contributed by atoms with van der Waals surface area (Å²) in [6.07, 6.45) is -1.77. The highest BCUT2D eigenvalue weighted by Gasteiger charge is 2.17. The van der Waals surface area contributed by atoms with Gasteiger partial charge in [-0.25, -0.2) is 28.0 Å². The topological polar surface area (TPSA) is 105 Å². The lowest BCUT2D eigenvalue weighted by Gasteiger charge is -2.11. The summed E-state index contributed by atoms with van der Waals surface area (Å²) >= 11 is 0. The van der Waals surface area contributed by atoms with Crippen molar-refractivity contribution in [1.82, 2.24) is 0 Å². The van der Waals surface area contributed by atoms with Gasteiger partial charge >= 0.3 is 23.9 Å². The van der Waals surface area contributed by atoms with Gasteiger partial charge in [-0.2, -0.15) is 0 Å². The number of ether oxygens (including phenoxy) is 4. The third-order valence-electron chi connectivity index (χ3n) is 3.27. The van der Waals surface area contributed by atoms with Crippen molar-refractivity contribution in [1.29, 1.82) is 0 Å². The number of carbonyl (C=O) groups excluding carboxylic acids is 4. The smallest absolute Gasteiger partial charge is 0.338 e. The standard InChI is InChI=1S/C20H20F2O8/c1-3-17(23)27-9-15(21)11-29-19(25)13-6-5-7-14(8-13)20(26)30-12-16(22)10-28-18(24)4-2/h3-8,15-16H,1-2,9-12H2. The number of hydrogen-bond acceptors (Lipinski definition) is 8. The Bertz CT molecular complexity index is 732. The van der Waals surface area contributed by atoms with Gasteiger partial charge in [0.25, 0.3) is 0 Å². The van der Waals surface area contributed by atoms with Gasteiger partial charge in [-0.15, -0.1) is 0 Å². The minimum atomic E-state index is -1.75. The van der Waals surface area contributed by atoms with Crippen LogP contribution in [0.4, 0.5) is 8.78 Å². The highest BCUT2D eigenvalue weighted by Crippen LogP contribution is 2.10. The first kappa shape index (κ1) is 24.5. The van der Waals surface area contributed by atoms with Crippen LogP contribution in [0.3, 0.4) is 0 Å². The van der Waals surface area contributed by atoms with E-state index in [2.05, 4.69) is 22.6 Å². The number of esters is 4. The molecule has 0 radical (unpaired) electrons. The summed E-state index contributed by atoms with van der Waals surface area (Å²) in [5.74, 6) is -3.49. The van der Waals surface area contributed by atoms with Crippen LogP contribution in [-0.2, 0) is 28.5 Å². The number of carbonyl (C=O) groups is 4. The lowest BCUT2D eigenvalue weighted by Crippen LogP contribution is -2.22. The second-order valence-corrected chi connectivity index (χ2v) is 5.64. The third-order valence-corrected chi connectivity index (χ3v) is 3.27. The molecule has 0 aliphatic carbocycles. The van der Waals surface area contributed by atoms with Crippen molar-refractivity contribution in [3.8, 4) is 0 Å². The van der Waals surface area contributed by atoms with E-state index in [-0.39, 0.29) is 11.1 Å². The van der Waals surface area contributed by atoms with Gasteiger partial charge in [0, 0.05) is 12.2 Å². The Hall–Kier alpha value is -3.56. The maximum absolute atomic E-state index is 13.6. The van der Waals surface area contributed by atoms with E-state index >= 15 is 0 Å². The Labute approximate surface area is 171 Å². The zero-order valence-corrected chi connectivity index (χ0v) is 15.9. The second kappa shape index (κ2) is 12.8. The van der Waals surface area contributed by atoms with Crippen LogP contribution < -0.4 is 0 Å². The van der Waals surface area contributed by atoms with E-state index in [1.807, 2.05) is 0 Å². The third kappa shape index (κ3) is 9.09. The lowest BCUT2D eigenvalue weighted by atomic mass is 10.1. The molecule has 2 unspecified atom stereocenters. The number of alkyl halides is 2. The van der Waals surface area contributed by atoms with Crippen LogP contribution in [-0.4, -0.2) is 62.6 Å². The van der Waals surface area contributed by atoms with Gasteiger partial charge in [0.1, 0.15) is 26.4 Å². The number of halogens is 2. The largest absolute Gasteiger partial charge is 0.459 e. The van der Waals surface area contributed by atoms with Crippen LogP contribution in [0, 0.1) is 0 Å². The molecule has 1 rings (SSSR count). The zero-order valence-electron chi connectivity index (χ0n) is 15.9. The van der Waals surface area contributed by atoms with Crippen LogP contribution in [0.15, 0.2) is 49.6 Å². The SMILES string of the molecule is C=CC(=O)OCC(F)COC(=O)c1cccc(C(=O)OCC(F)COC(=O)C=C)c1. The Balaban J connectivity index is 2.52. The van der Waals surface area contributed by atoms with Gasteiger partial charge in [0.2, 0.25) is 0 Å². The molecule has 0 aromatic heterocycles. The summed E-state index contributed by atoms with van der Waals surface area (Å²) in [4.78, 5) is 45.7. The Kier molecular flexibility index (Phi) is 10.5. The molecule has 0 saturated heterocycles. The molecule has 0 fully saturated rings. The fraction of sp³-hybridized carbons (Fsp3) is 0.300. The lowest BCUT2D eigenvalue weighted by molar-refractivity contribution is -0.140. The monoisotopic (exact) mass is 426 g/mol. The highest BCUT2D eigenvalue weighted by molar-refractivity contribution is 5.95. The minimum absolute atomic E-state index is 0.0727. The first-order valence-corrected chi connectivity index (χ1v) is 8.57. The van der Waals surface area contributed by atoms with E-state index < -0.39 is 62.6 Å². The van der Waals surface area contributed by atoms with Gasteiger partial charge in [-0.3, -0.25) is 0 Å². The van der Waals surface area contributed by atoms with Crippen molar-refractivity contribution in [3.05, 3.63) is 60.7 Å². The summed E-state index contributed by atoms with van der Waals surface area (Å²) in [7, 11) is 0. The molecule has 0 spiro atoms. The average Bonchev–Trinajstić information content (AvgIpc) is 2.77. The van der Waals surface area contributed by atoms with E-state index in [4.69, 9.17) is 9.47 Å². The molecule has 8 nitrogen and oxygen atoms in total. The van der Waals surface area contributed by atoms with Crippen molar-refractivity contribution in [2.45, 2.75) is 12.3 Å². The highest BCUT2D eigenvalue weighted by atomic mass is 19.1. The van der Waals surface area contributed by atoms with Crippen LogP contribution in [0.5, 0.6) is 0 Å². The number of rotatable bonds is 12. The predicted octanol–water partition coefficient (Wildman–Crippen LogP) is 2.13. The van der Waals surface area contributed by atoms with E-state index in [9.17, 15) is 28.0 Å². The molecule has 1 aromatic carbocycles. The van der Waals surface area contributed by atoms with E-state index in [0.717, 1.165) is 18.2 Å². The van der Waals surface area contributed by atoms with Crippen molar-refractivity contribution in [2.75, 3.05) is 26.4 Å². The summed E-state index contributed by atoms with van der Waals surface area (Å²) in [5, 5.41) is 0. The van der Waals surface area contributed by atoms with Gasteiger partial charge in [0.05, 0.1) is 11.1 Å². The summed E-state index contributed by atoms with van der Waals surface area (Å²) in [5.41, 5.74) is -0.145. The quantitative estimate of drug-likeness (QED) is 0.284. The normalized spacial score (nSPS) is 12.1. The molecule has 0 aliphatic rings. The van der Waals surface area contributed by atoms with Crippen molar-refractivity contribution in [3.63, 3.8) is 0 Å². The van der Waals surface area contributed by atoms with Crippen molar-refractivity contribution in [2.24, 2.45) is 0 Å². The number of hydrogen-bond donors (Lipinski definition) is 0. The molecule has 0 N–H and O–H groups in total. The van der Waals surface area contributed by atoms with Crippen molar-refractivity contribution >= 4 is 23.9 Å². The maximum atomic E-state index is 13.6. The fourth-order valence-electron chi connectivity index (χ4n) is 1.83. The van der Waals surface area contributed by atoms with Gasteiger partial charge in [0.15, 0.2) is 12.3 Å². The second-order valence-electron chi connectivity index (χ2n) is 5.64. The van der Waals surface area contributed by atoms with Gasteiger partial charge in [-0.05, 0) is 18.2 Å². The Morgan fingerprint density at radius 2 is 1.13 bits per heavy atom. The molecular formula is C20H20F2O8. The van der Waals surface area contributed by atoms with Crippen LogP contribution in [0.25, 0.3) is 0 Å². The minimum Gasteiger partial charge on any atom is -0.459 e. The Morgan fingerprint density at radius 3 is 1.50 bits per heavy atom. The van der Waals surface area contributed by atoms with Gasteiger partial charge in [-0.1, -0.05) is 19.2 Å². The molecule has 0 saturated carbocycles. The zero-order chi connectivity index (χ0) is 22.5. The Morgan fingerprint density at radius 1 is 0.767 bits per heavy atom. The van der Waals surface area contributed by atoms with Crippen LogP contribution >= 0.6 is 0 Å². The summed E-state index contributed by atoms with van der Waals surface area (Å²) < 4.78 is 45.6.